The zero-order valence-electron chi connectivity index (χ0n) is 12.3. The summed E-state index contributed by atoms with van der Waals surface area (Å²) < 4.78 is 4.86. The molecule has 1 aliphatic rings. The number of aromatic nitrogens is 2. The van der Waals surface area contributed by atoms with Crippen LogP contribution in [0.1, 0.15) is 35.9 Å². The van der Waals surface area contributed by atoms with Crippen LogP contribution < -0.4 is 5.32 Å². The average molecular weight is 292 g/mol. The van der Waals surface area contributed by atoms with E-state index in [2.05, 4.69) is 15.3 Å². The summed E-state index contributed by atoms with van der Waals surface area (Å²) in [6.07, 6.45) is 4.29. The first-order chi connectivity index (χ1) is 10.1. The van der Waals surface area contributed by atoms with Gasteiger partial charge >= 0.3 is 6.09 Å². The fourth-order valence-electron chi connectivity index (χ4n) is 2.28. The van der Waals surface area contributed by atoms with Crippen molar-refractivity contribution >= 4 is 12.0 Å². The van der Waals surface area contributed by atoms with Crippen LogP contribution in [0.3, 0.4) is 0 Å². The van der Waals surface area contributed by atoms with Crippen molar-refractivity contribution in [2.75, 3.05) is 19.7 Å². The molecule has 1 aromatic rings. The van der Waals surface area contributed by atoms with Gasteiger partial charge in [0.15, 0.2) is 0 Å². The molecule has 7 heteroatoms. The Kier molecular flexibility index (Phi) is 5.08. The Bertz CT molecular complexity index is 503. The maximum absolute atomic E-state index is 12.3. The molecule has 1 saturated heterocycles. The lowest BCUT2D eigenvalue weighted by molar-refractivity contribution is 0.0680. The highest BCUT2D eigenvalue weighted by atomic mass is 16.5. The highest BCUT2D eigenvalue weighted by Crippen LogP contribution is 2.13. The van der Waals surface area contributed by atoms with Gasteiger partial charge in [0.05, 0.1) is 18.5 Å². The Morgan fingerprint density at radius 2 is 2.24 bits per heavy atom. The van der Waals surface area contributed by atoms with E-state index in [-0.39, 0.29) is 11.9 Å². The summed E-state index contributed by atoms with van der Waals surface area (Å²) in [6, 6.07) is -0.0832. The maximum atomic E-state index is 12.3. The van der Waals surface area contributed by atoms with Crippen LogP contribution in [0.2, 0.25) is 0 Å². The first kappa shape index (κ1) is 15.2. The number of carbonyl (C=O) groups excluding carboxylic acids is 2. The largest absolute Gasteiger partial charge is 0.450 e. The van der Waals surface area contributed by atoms with Crippen molar-refractivity contribution in [3.05, 3.63) is 23.8 Å². The fourth-order valence-corrected chi connectivity index (χ4v) is 2.28. The van der Waals surface area contributed by atoms with Gasteiger partial charge in [-0.05, 0) is 26.7 Å². The standard InChI is InChI=1S/C14H20N4O3/c1-3-21-14(20)17-11-5-4-6-18(9-11)13(19)12-8-15-10(2)7-16-12/h7-8,11H,3-6,9H2,1-2H3,(H,17,20)/t11-/m0/s1. The molecule has 2 rings (SSSR count). The number of alkyl carbamates (subject to hydrolysis) is 1. The number of likely N-dealkylation sites (tertiary alicyclic amines) is 1. The minimum Gasteiger partial charge on any atom is -0.450 e. The number of aryl methyl sites for hydroxylation is 1. The number of ether oxygens (including phenoxy) is 1. The van der Waals surface area contributed by atoms with E-state index in [1.54, 1.807) is 18.0 Å². The van der Waals surface area contributed by atoms with E-state index in [0.29, 0.717) is 25.4 Å². The molecular formula is C14H20N4O3. The predicted octanol–water partition coefficient (Wildman–Crippen LogP) is 1.14. The van der Waals surface area contributed by atoms with Gasteiger partial charge in [-0.3, -0.25) is 9.78 Å². The molecule has 1 fully saturated rings. The molecule has 21 heavy (non-hydrogen) atoms. The van der Waals surface area contributed by atoms with Crippen LogP contribution in [0.5, 0.6) is 0 Å². The summed E-state index contributed by atoms with van der Waals surface area (Å²) in [5.74, 6) is -0.155. The summed E-state index contributed by atoms with van der Waals surface area (Å²) in [5, 5.41) is 2.77. The van der Waals surface area contributed by atoms with E-state index < -0.39 is 6.09 Å². The second kappa shape index (κ2) is 7.01. The molecule has 0 radical (unpaired) electrons. The van der Waals surface area contributed by atoms with Gasteiger partial charge in [0.1, 0.15) is 5.69 Å². The zero-order valence-corrected chi connectivity index (χ0v) is 12.3. The first-order valence-corrected chi connectivity index (χ1v) is 7.11. The monoisotopic (exact) mass is 292 g/mol. The smallest absolute Gasteiger partial charge is 0.407 e. The van der Waals surface area contributed by atoms with Crippen LogP contribution in [0.15, 0.2) is 12.4 Å². The number of rotatable bonds is 3. The van der Waals surface area contributed by atoms with Crippen LogP contribution in [-0.2, 0) is 4.74 Å². The van der Waals surface area contributed by atoms with E-state index in [9.17, 15) is 9.59 Å². The van der Waals surface area contributed by atoms with Gasteiger partial charge in [0.25, 0.3) is 5.91 Å². The van der Waals surface area contributed by atoms with Crippen molar-refractivity contribution in [1.29, 1.82) is 0 Å². The third-order valence-corrected chi connectivity index (χ3v) is 3.31. The van der Waals surface area contributed by atoms with Crippen LogP contribution in [0.25, 0.3) is 0 Å². The molecular weight excluding hydrogens is 272 g/mol. The first-order valence-electron chi connectivity index (χ1n) is 7.11. The Morgan fingerprint density at radius 3 is 2.90 bits per heavy atom. The average Bonchev–Trinajstić information content (AvgIpc) is 2.48. The molecule has 0 unspecified atom stereocenters. The van der Waals surface area contributed by atoms with E-state index in [4.69, 9.17) is 4.74 Å². The quantitative estimate of drug-likeness (QED) is 0.903. The number of nitrogens with one attached hydrogen (secondary N) is 1. The normalized spacial score (nSPS) is 18.2. The van der Waals surface area contributed by atoms with Gasteiger partial charge in [0, 0.05) is 25.3 Å². The SMILES string of the molecule is CCOC(=O)N[C@H]1CCCN(C(=O)c2cnc(C)cn2)C1. The van der Waals surface area contributed by atoms with Gasteiger partial charge in [-0.25, -0.2) is 9.78 Å². The highest BCUT2D eigenvalue weighted by molar-refractivity contribution is 5.92. The summed E-state index contributed by atoms with van der Waals surface area (Å²) in [4.78, 5) is 33.7. The van der Waals surface area contributed by atoms with E-state index in [1.165, 1.54) is 6.20 Å². The maximum Gasteiger partial charge on any atom is 0.407 e. The predicted molar refractivity (Wildman–Crippen MR) is 75.9 cm³/mol. The number of piperidine rings is 1. The Hall–Kier alpha value is -2.18. The van der Waals surface area contributed by atoms with Gasteiger partial charge in [0.2, 0.25) is 0 Å². The fraction of sp³-hybridized carbons (Fsp3) is 0.571. The van der Waals surface area contributed by atoms with E-state index >= 15 is 0 Å². The third kappa shape index (κ3) is 4.14. The van der Waals surface area contributed by atoms with Gasteiger partial charge in [-0.1, -0.05) is 0 Å². The number of nitrogens with zero attached hydrogens (tertiary/aromatic N) is 3. The number of hydrogen-bond donors (Lipinski definition) is 1. The van der Waals surface area contributed by atoms with Crippen molar-refractivity contribution in [3.8, 4) is 0 Å². The molecule has 0 aromatic carbocycles. The van der Waals surface area contributed by atoms with E-state index in [0.717, 1.165) is 18.5 Å². The van der Waals surface area contributed by atoms with Crippen LogP contribution in [-0.4, -0.2) is 52.6 Å². The lowest BCUT2D eigenvalue weighted by Gasteiger charge is -2.32. The minimum atomic E-state index is -0.438. The Balaban J connectivity index is 1.95. The van der Waals surface area contributed by atoms with Crippen molar-refractivity contribution in [1.82, 2.24) is 20.2 Å². The minimum absolute atomic E-state index is 0.0832. The molecule has 1 N–H and O–H groups in total. The molecule has 1 aromatic heterocycles. The Morgan fingerprint density at radius 1 is 1.43 bits per heavy atom. The molecule has 2 amide bonds. The van der Waals surface area contributed by atoms with Crippen LogP contribution in [0.4, 0.5) is 4.79 Å². The lowest BCUT2D eigenvalue weighted by atomic mass is 10.1. The molecule has 7 nitrogen and oxygen atoms in total. The number of hydrogen-bond acceptors (Lipinski definition) is 5. The summed E-state index contributed by atoms with van der Waals surface area (Å²) in [7, 11) is 0. The Labute approximate surface area is 123 Å². The van der Waals surface area contributed by atoms with Crippen molar-refractivity contribution in [2.45, 2.75) is 32.7 Å². The summed E-state index contributed by atoms with van der Waals surface area (Å²) in [5.41, 5.74) is 1.10. The second-order valence-corrected chi connectivity index (χ2v) is 5.00. The molecule has 1 aliphatic heterocycles. The molecule has 0 aliphatic carbocycles. The molecule has 1 atom stereocenters. The molecule has 2 heterocycles. The van der Waals surface area contributed by atoms with Crippen molar-refractivity contribution in [3.63, 3.8) is 0 Å². The lowest BCUT2D eigenvalue weighted by Crippen LogP contribution is -2.49. The second-order valence-electron chi connectivity index (χ2n) is 5.00. The van der Waals surface area contributed by atoms with Crippen molar-refractivity contribution < 1.29 is 14.3 Å². The van der Waals surface area contributed by atoms with Crippen molar-refractivity contribution in [2.24, 2.45) is 0 Å². The van der Waals surface area contributed by atoms with Gasteiger partial charge in [-0.15, -0.1) is 0 Å². The third-order valence-electron chi connectivity index (χ3n) is 3.31. The number of amides is 2. The highest BCUT2D eigenvalue weighted by Gasteiger charge is 2.26. The zero-order chi connectivity index (χ0) is 15.2. The van der Waals surface area contributed by atoms with E-state index in [1.807, 2.05) is 6.92 Å². The topological polar surface area (TPSA) is 84.4 Å². The summed E-state index contributed by atoms with van der Waals surface area (Å²) in [6.45, 7) is 5.04. The van der Waals surface area contributed by atoms with Gasteiger partial charge in [-0.2, -0.15) is 0 Å². The molecule has 0 bridgehead atoms. The molecule has 114 valence electrons. The number of carbonyl (C=O) groups is 2. The van der Waals surface area contributed by atoms with Crippen LogP contribution in [0, 0.1) is 6.92 Å². The molecule has 0 saturated carbocycles. The molecule has 0 spiro atoms. The van der Waals surface area contributed by atoms with Crippen LogP contribution >= 0.6 is 0 Å². The summed E-state index contributed by atoms with van der Waals surface area (Å²) >= 11 is 0. The van der Waals surface area contributed by atoms with Gasteiger partial charge < -0.3 is 15.0 Å².